The zero-order valence-corrected chi connectivity index (χ0v) is 14.0. The number of carboxylic acids is 1. The molecule has 0 saturated heterocycles. The number of fused-ring (bicyclic) bond motifs is 1. The van der Waals surface area contributed by atoms with Crippen LogP contribution >= 0.6 is 0 Å². The Morgan fingerprint density at radius 3 is 2.69 bits per heavy atom. The molecule has 0 radical (unpaired) electrons. The number of hydrogen-bond acceptors (Lipinski definition) is 4. The van der Waals surface area contributed by atoms with Gasteiger partial charge in [-0.2, -0.15) is 0 Å². The van der Waals surface area contributed by atoms with Crippen molar-refractivity contribution in [3.05, 3.63) is 57.8 Å². The molecule has 1 aliphatic rings. The van der Waals surface area contributed by atoms with E-state index in [1.807, 2.05) is 0 Å². The van der Waals surface area contributed by atoms with Crippen molar-refractivity contribution in [1.82, 2.24) is 9.55 Å². The lowest BCUT2D eigenvalue weighted by Gasteiger charge is -2.17. The third kappa shape index (κ3) is 2.44. The Labute approximate surface area is 147 Å². The molecule has 3 N–H and O–H groups in total. The molecule has 0 bridgehead atoms. The summed E-state index contributed by atoms with van der Waals surface area (Å²) in [5.74, 6) is -1.58. The Hall–Kier alpha value is -3.22. The highest BCUT2D eigenvalue weighted by atomic mass is 19.1. The number of nitrogens with two attached hydrogens (primary N) is 1. The van der Waals surface area contributed by atoms with Gasteiger partial charge in [-0.1, -0.05) is 0 Å². The van der Waals surface area contributed by atoms with Gasteiger partial charge in [-0.05, 0) is 43.5 Å². The fraction of sp³-hybridized carbons (Fsp3) is 0.211. The number of anilines is 1. The number of aryl methyl sites for hydroxylation is 1. The van der Waals surface area contributed by atoms with Gasteiger partial charge in [0.2, 0.25) is 5.43 Å². The van der Waals surface area contributed by atoms with Crippen LogP contribution in [0.15, 0.2) is 35.4 Å². The second kappa shape index (κ2) is 5.66. The third-order valence-electron chi connectivity index (χ3n) is 4.76. The van der Waals surface area contributed by atoms with Crippen LogP contribution < -0.4 is 11.2 Å². The van der Waals surface area contributed by atoms with Crippen LogP contribution in [0.3, 0.4) is 0 Å². The Morgan fingerprint density at radius 2 is 2.12 bits per heavy atom. The van der Waals surface area contributed by atoms with Crippen molar-refractivity contribution in [3.63, 3.8) is 0 Å². The van der Waals surface area contributed by atoms with Crippen molar-refractivity contribution in [3.8, 4) is 11.1 Å². The number of nitrogens with zero attached hydrogens (tertiary/aromatic N) is 2. The number of halogens is 1. The molecule has 0 unspecified atom stereocenters. The van der Waals surface area contributed by atoms with Gasteiger partial charge in [0.15, 0.2) is 0 Å². The third-order valence-corrected chi connectivity index (χ3v) is 4.76. The van der Waals surface area contributed by atoms with Crippen molar-refractivity contribution in [2.24, 2.45) is 0 Å². The molecule has 0 spiro atoms. The van der Waals surface area contributed by atoms with Crippen molar-refractivity contribution in [1.29, 1.82) is 0 Å². The summed E-state index contributed by atoms with van der Waals surface area (Å²) in [4.78, 5) is 28.0. The van der Waals surface area contributed by atoms with Crippen molar-refractivity contribution in [2.45, 2.75) is 25.8 Å². The highest BCUT2D eigenvalue weighted by Crippen LogP contribution is 2.40. The molecule has 0 aliphatic heterocycles. The maximum Gasteiger partial charge on any atom is 0.341 e. The molecule has 7 heteroatoms. The van der Waals surface area contributed by atoms with E-state index >= 15 is 0 Å². The van der Waals surface area contributed by atoms with Crippen LogP contribution in [0.5, 0.6) is 0 Å². The van der Waals surface area contributed by atoms with Crippen LogP contribution in [-0.4, -0.2) is 20.6 Å². The topological polar surface area (TPSA) is 98.2 Å². The molecule has 1 aromatic carbocycles. The summed E-state index contributed by atoms with van der Waals surface area (Å²) in [5, 5.41) is 9.40. The number of carbonyl (C=O) groups is 1. The van der Waals surface area contributed by atoms with Crippen LogP contribution in [0.25, 0.3) is 22.0 Å². The van der Waals surface area contributed by atoms with Gasteiger partial charge >= 0.3 is 5.97 Å². The zero-order chi connectivity index (χ0) is 18.6. The molecule has 26 heavy (non-hydrogen) atoms. The van der Waals surface area contributed by atoms with E-state index in [2.05, 4.69) is 4.98 Å². The monoisotopic (exact) mass is 353 g/mol. The zero-order valence-electron chi connectivity index (χ0n) is 14.0. The van der Waals surface area contributed by atoms with E-state index in [4.69, 9.17) is 5.73 Å². The first-order chi connectivity index (χ1) is 12.4. The molecular formula is C19H16FN3O3. The van der Waals surface area contributed by atoms with Crippen molar-refractivity contribution in [2.75, 3.05) is 5.73 Å². The number of hydrogen-bond donors (Lipinski definition) is 2. The Morgan fingerprint density at radius 1 is 1.38 bits per heavy atom. The van der Waals surface area contributed by atoms with E-state index < -0.39 is 17.2 Å². The van der Waals surface area contributed by atoms with E-state index in [-0.39, 0.29) is 17.0 Å². The first-order valence-corrected chi connectivity index (χ1v) is 8.21. The standard InChI is InChI=1S/C19H16FN3O3/c1-9-16(10-2-5-15(21)22-7-10)14(20)6-12-17(9)23(11-3-4-11)8-13(18(12)24)19(25)26/h2,5-8,11H,3-4H2,1H3,(H2,21,22)(H,25,26). The van der Waals surface area contributed by atoms with E-state index in [1.165, 1.54) is 12.4 Å². The average Bonchev–Trinajstić information content (AvgIpc) is 3.42. The molecule has 3 aromatic rings. The van der Waals surface area contributed by atoms with Gasteiger partial charge in [-0.25, -0.2) is 14.2 Å². The summed E-state index contributed by atoms with van der Waals surface area (Å²) < 4.78 is 16.7. The molecule has 0 amide bonds. The number of benzene rings is 1. The number of aromatic carboxylic acids is 1. The summed E-state index contributed by atoms with van der Waals surface area (Å²) in [7, 11) is 0. The maximum absolute atomic E-state index is 14.9. The SMILES string of the molecule is Cc1c(-c2ccc(N)nc2)c(F)cc2c(=O)c(C(=O)O)cn(C3CC3)c12. The van der Waals surface area contributed by atoms with Gasteiger partial charge < -0.3 is 15.4 Å². The highest BCUT2D eigenvalue weighted by Gasteiger charge is 2.28. The summed E-state index contributed by atoms with van der Waals surface area (Å²) in [6, 6.07) is 4.50. The van der Waals surface area contributed by atoms with Gasteiger partial charge in [0.05, 0.1) is 5.52 Å². The lowest BCUT2D eigenvalue weighted by atomic mass is 9.96. The second-order valence-electron chi connectivity index (χ2n) is 6.54. The Balaban J connectivity index is 2.10. The summed E-state index contributed by atoms with van der Waals surface area (Å²) in [5.41, 5.74) is 6.61. The Kier molecular flexibility index (Phi) is 3.54. The highest BCUT2D eigenvalue weighted by molar-refractivity contribution is 5.95. The molecule has 1 saturated carbocycles. The van der Waals surface area contributed by atoms with Crippen molar-refractivity contribution < 1.29 is 14.3 Å². The lowest BCUT2D eigenvalue weighted by molar-refractivity contribution is 0.0695. The van der Waals surface area contributed by atoms with Gasteiger partial charge in [0, 0.05) is 34.9 Å². The molecule has 6 nitrogen and oxygen atoms in total. The number of pyridine rings is 2. The molecule has 1 fully saturated rings. The van der Waals surface area contributed by atoms with E-state index in [9.17, 15) is 19.1 Å². The minimum absolute atomic E-state index is 0.0824. The van der Waals surface area contributed by atoms with Gasteiger partial charge in [-0.3, -0.25) is 4.79 Å². The number of aromatic nitrogens is 2. The van der Waals surface area contributed by atoms with E-state index in [0.717, 1.165) is 18.9 Å². The van der Waals surface area contributed by atoms with Gasteiger partial charge in [-0.15, -0.1) is 0 Å². The van der Waals surface area contributed by atoms with Crippen LogP contribution in [0.1, 0.15) is 34.8 Å². The number of rotatable bonds is 3. The second-order valence-corrected chi connectivity index (χ2v) is 6.54. The van der Waals surface area contributed by atoms with Crippen LogP contribution in [0.4, 0.5) is 10.2 Å². The maximum atomic E-state index is 14.9. The lowest BCUT2D eigenvalue weighted by Crippen LogP contribution is -2.19. The quantitative estimate of drug-likeness (QED) is 0.754. The molecule has 132 valence electrons. The fourth-order valence-electron chi connectivity index (χ4n) is 3.38. The molecule has 1 aliphatic carbocycles. The minimum atomic E-state index is -1.31. The smallest absolute Gasteiger partial charge is 0.341 e. The van der Waals surface area contributed by atoms with Gasteiger partial charge in [0.25, 0.3) is 0 Å². The fourth-order valence-corrected chi connectivity index (χ4v) is 3.38. The molecule has 2 aromatic heterocycles. The molecular weight excluding hydrogens is 337 g/mol. The first kappa shape index (κ1) is 16.3. The number of carboxylic acid groups (broad SMARTS) is 1. The predicted molar refractivity (Wildman–Crippen MR) is 95.8 cm³/mol. The molecule has 0 atom stereocenters. The normalized spacial score (nSPS) is 13.9. The van der Waals surface area contributed by atoms with E-state index in [0.29, 0.717) is 28.0 Å². The molecule has 4 rings (SSSR count). The van der Waals surface area contributed by atoms with Crippen LogP contribution in [0, 0.1) is 12.7 Å². The number of nitrogen functional groups attached to an aromatic ring is 1. The van der Waals surface area contributed by atoms with Gasteiger partial charge in [0.1, 0.15) is 17.2 Å². The molecule has 2 heterocycles. The van der Waals surface area contributed by atoms with E-state index in [1.54, 1.807) is 23.6 Å². The minimum Gasteiger partial charge on any atom is -0.477 e. The summed E-state index contributed by atoms with van der Waals surface area (Å²) >= 11 is 0. The summed E-state index contributed by atoms with van der Waals surface area (Å²) in [6.07, 6.45) is 4.65. The summed E-state index contributed by atoms with van der Waals surface area (Å²) in [6.45, 7) is 1.73. The first-order valence-electron chi connectivity index (χ1n) is 8.21. The van der Waals surface area contributed by atoms with Crippen molar-refractivity contribution >= 4 is 22.7 Å². The largest absolute Gasteiger partial charge is 0.477 e. The predicted octanol–water partition coefficient (Wildman–Crippen LogP) is 3.13. The average molecular weight is 353 g/mol. The Bertz CT molecular complexity index is 1120. The van der Waals surface area contributed by atoms with Crippen LogP contribution in [-0.2, 0) is 0 Å². The van der Waals surface area contributed by atoms with Crippen LogP contribution in [0.2, 0.25) is 0 Å².